The van der Waals surface area contributed by atoms with Gasteiger partial charge in [0.1, 0.15) is 5.82 Å². The molecule has 0 aliphatic heterocycles. The number of carbonyl (C=O) groups excluding carboxylic acids is 2. The molecular weight excluding hydrogens is 256 g/mol. The molecule has 0 saturated heterocycles. The molecule has 0 unspecified atom stereocenters. The molecule has 1 rings (SSSR count). The summed E-state index contributed by atoms with van der Waals surface area (Å²) in [4.78, 5) is 26.4. The highest BCUT2D eigenvalue weighted by molar-refractivity contribution is 6.33. The lowest BCUT2D eigenvalue weighted by Crippen LogP contribution is -2.33. The van der Waals surface area contributed by atoms with Crippen LogP contribution >= 0.6 is 11.6 Å². The first-order valence-corrected chi connectivity index (χ1v) is 5.88. The van der Waals surface area contributed by atoms with Gasteiger partial charge >= 0.3 is 0 Å². The van der Waals surface area contributed by atoms with Crippen molar-refractivity contribution in [3.8, 4) is 0 Å². The lowest BCUT2D eigenvalue weighted by molar-refractivity contribution is -0.117. The number of anilines is 1. The van der Waals surface area contributed by atoms with Crippen molar-refractivity contribution in [2.45, 2.75) is 13.3 Å². The molecule has 0 fully saturated rings. The molecule has 1 aromatic rings. The maximum Gasteiger partial charge on any atom is 0.253 e. The van der Waals surface area contributed by atoms with Crippen molar-refractivity contribution in [2.75, 3.05) is 18.4 Å². The summed E-state index contributed by atoms with van der Waals surface area (Å²) in [5, 5.41) is 5.63. The molecule has 0 bridgehead atoms. The minimum absolute atomic E-state index is 0.221. The lowest BCUT2D eigenvalue weighted by atomic mass is 10.2. The predicted octanol–water partition coefficient (Wildman–Crippen LogP) is 0.772. The molecule has 2 amide bonds. The van der Waals surface area contributed by atoms with Crippen LogP contribution in [0.4, 0.5) is 5.82 Å². The number of amides is 2. The van der Waals surface area contributed by atoms with E-state index in [2.05, 4.69) is 15.6 Å². The van der Waals surface area contributed by atoms with Gasteiger partial charge in [-0.25, -0.2) is 4.98 Å². The Morgan fingerprint density at radius 2 is 2.22 bits per heavy atom. The van der Waals surface area contributed by atoms with E-state index in [-0.39, 0.29) is 17.1 Å². The summed E-state index contributed by atoms with van der Waals surface area (Å²) in [6.07, 6.45) is 2.33. The molecule has 0 atom stereocenters. The molecule has 7 heteroatoms. The van der Waals surface area contributed by atoms with E-state index in [0.717, 1.165) is 13.0 Å². The predicted molar refractivity (Wildman–Crippen MR) is 69.6 cm³/mol. The molecule has 0 saturated carbocycles. The van der Waals surface area contributed by atoms with Crippen LogP contribution in [0.15, 0.2) is 12.3 Å². The van der Waals surface area contributed by atoms with Gasteiger partial charge in [-0.1, -0.05) is 18.5 Å². The van der Waals surface area contributed by atoms with E-state index < -0.39 is 11.8 Å². The van der Waals surface area contributed by atoms with E-state index in [1.807, 2.05) is 6.92 Å². The van der Waals surface area contributed by atoms with Crippen molar-refractivity contribution in [1.82, 2.24) is 10.3 Å². The Labute approximate surface area is 110 Å². The first-order valence-electron chi connectivity index (χ1n) is 5.50. The van der Waals surface area contributed by atoms with Gasteiger partial charge in [0.15, 0.2) is 0 Å². The Kier molecular flexibility index (Phi) is 5.38. The molecule has 0 aliphatic carbocycles. The fourth-order valence-corrected chi connectivity index (χ4v) is 1.41. The molecule has 0 radical (unpaired) electrons. The van der Waals surface area contributed by atoms with E-state index in [0.29, 0.717) is 5.82 Å². The van der Waals surface area contributed by atoms with Crippen molar-refractivity contribution >= 4 is 29.2 Å². The molecule has 0 spiro atoms. The number of carbonyl (C=O) groups is 2. The van der Waals surface area contributed by atoms with E-state index in [1.54, 1.807) is 0 Å². The fourth-order valence-electron chi connectivity index (χ4n) is 1.23. The summed E-state index contributed by atoms with van der Waals surface area (Å²) in [5.74, 6) is -0.510. The number of nitrogens with one attached hydrogen (secondary N) is 2. The smallest absolute Gasteiger partial charge is 0.253 e. The minimum atomic E-state index is -0.613. The van der Waals surface area contributed by atoms with Gasteiger partial charge in [0.05, 0.1) is 17.1 Å². The van der Waals surface area contributed by atoms with Crippen LogP contribution < -0.4 is 16.4 Å². The number of nitrogens with zero attached hydrogens (tertiary/aromatic N) is 1. The van der Waals surface area contributed by atoms with Crippen molar-refractivity contribution < 1.29 is 9.59 Å². The van der Waals surface area contributed by atoms with Crippen molar-refractivity contribution in [1.29, 1.82) is 0 Å². The molecule has 18 heavy (non-hydrogen) atoms. The Morgan fingerprint density at radius 1 is 1.50 bits per heavy atom. The number of hydrogen-bond donors (Lipinski definition) is 3. The summed E-state index contributed by atoms with van der Waals surface area (Å²) in [7, 11) is 0. The first-order chi connectivity index (χ1) is 8.54. The summed E-state index contributed by atoms with van der Waals surface area (Å²) in [6, 6.07) is 1.54. The monoisotopic (exact) mass is 270 g/mol. The van der Waals surface area contributed by atoms with Gasteiger partial charge in [-0.15, -0.1) is 0 Å². The summed E-state index contributed by atoms with van der Waals surface area (Å²) >= 11 is 5.87. The second-order valence-electron chi connectivity index (χ2n) is 3.63. The van der Waals surface area contributed by atoms with Gasteiger partial charge < -0.3 is 16.4 Å². The summed E-state index contributed by atoms with van der Waals surface area (Å²) < 4.78 is 0. The number of pyridine rings is 1. The zero-order chi connectivity index (χ0) is 13.5. The highest BCUT2D eigenvalue weighted by atomic mass is 35.5. The average molecular weight is 271 g/mol. The molecule has 0 aromatic carbocycles. The van der Waals surface area contributed by atoms with E-state index in [9.17, 15) is 9.59 Å². The topological polar surface area (TPSA) is 97.1 Å². The fraction of sp³-hybridized carbons (Fsp3) is 0.364. The van der Waals surface area contributed by atoms with Gasteiger partial charge in [-0.3, -0.25) is 9.59 Å². The molecule has 1 heterocycles. The zero-order valence-corrected chi connectivity index (χ0v) is 10.8. The Balaban J connectivity index is 2.79. The summed E-state index contributed by atoms with van der Waals surface area (Å²) in [5.41, 5.74) is 5.20. The van der Waals surface area contributed by atoms with Gasteiger partial charge in [-0.05, 0) is 12.5 Å². The van der Waals surface area contributed by atoms with Crippen LogP contribution in [0.1, 0.15) is 23.7 Å². The third-order valence-corrected chi connectivity index (χ3v) is 2.38. The standard InChI is InChI=1S/C11H15ClN4O2/c1-2-3-14-10-4-7(8(12)5-15-10)11(18)16-6-9(13)17/h4-5H,2-3,6H2,1H3,(H2,13,17)(H,14,15)(H,16,18). The molecule has 6 nitrogen and oxygen atoms in total. The van der Waals surface area contributed by atoms with Crippen molar-refractivity contribution in [2.24, 2.45) is 5.73 Å². The number of rotatable bonds is 6. The highest BCUT2D eigenvalue weighted by Gasteiger charge is 2.12. The first kappa shape index (κ1) is 14.2. The van der Waals surface area contributed by atoms with Crippen molar-refractivity contribution in [3.05, 3.63) is 22.8 Å². The maximum absolute atomic E-state index is 11.7. The van der Waals surface area contributed by atoms with Crippen LogP contribution in [-0.4, -0.2) is 29.9 Å². The lowest BCUT2D eigenvalue weighted by Gasteiger charge is -2.08. The minimum Gasteiger partial charge on any atom is -0.370 e. The quantitative estimate of drug-likeness (QED) is 0.711. The number of primary amides is 1. The van der Waals surface area contributed by atoms with Gasteiger partial charge in [0.25, 0.3) is 5.91 Å². The van der Waals surface area contributed by atoms with Crippen LogP contribution in [0.2, 0.25) is 5.02 Å². The average Bonchev–Trinajstić information content (AvgIpc) is 2.35. The van der Waals surface area contributed by atoms with Crippen LogP contribution in [0.5, 0.6) is 0 Å². The Hall–Kier alpha value is -1.82. The number of aromatic nitrogens is 1. The molecular formula is C11H15ClN4O2. The second kappa shape index (κ2) is 6.80. The second-order valence-corrected chi connectivity index (χ2v) is 4.03. The Bertz CT molecular complexity index is 451. The molecule has 4 N–H and O–H groups in total. The number of hydrogen-bond acceptors (Lipinski definition) is 4. The van der Waals surface area contributed by atoms with E-state index >= 15 is 0 Å². The Morgan fingerprint density at radius 3 is 2.83 bits per heavy atom. The normalized spacial score (nSPS) is 9.89. The molecule has 98 valence electrons. The molecule has 0 aliphatic rings. The third-order valence-electron chi connectivity index (χ3n) is 2.08. The molecule has 1 aromatic heterocycles. The van der Waals surface area contributed by atoms with Crippen LogP contribution in [-0.2, 0) is 4.79 Å². The number of halogens is 1. The van der Waals surface area contributed by atoms with Crippen LogP contribution in [0.25, 0.3) is 0 Å². The SMILES string of the molecule is CCCNc1cc(C(=O)NCC(N)=O)c(Cl)cn1. The van der Waals surface area contributed by atoms with Crippen LogP contribution in [0.3, 0.4) is 0 Å². The van der Waals surface area contributed by atoms with Gasteiger partial charge in [0.2, 0.25) is 5.91 Å². The summed E-state index contributed by atoms with van der Waals surface area (Å²) in [6.45, 7) is 2.54. The number of nitrogens with two attached hydrogens (primary N) is 1. The highest BCUT2D eigenvalue weighted by Crippen LogP contribution is 2.17. The van der Waals surface area contributed by atoms with E-state index in [4.69, 9.17) is 17.3 Å². The van der Waals surface area contributed by atoms with Crippen LogP contribution in [0, 0.1) is 0 Å². The maximum atomic E-state index is 11.7. The van der Waals surface area contributed by atoms with Gasteiger partial charge in [-0.2, -0.15) is 0 Å². The van der Waals surface area contributed by atoms with Gasteiger partial charge in [0, 0.05) is 12.7 Å². The van der Waals surface area contributed by atoms with E-state index in [1.165, 1.54) is 12.3 Å². The largest absolute Gasteiger partial charge is 0.370 e. The van der Waals surface area contributed by atoms with Crippen molar-refractivity contribution in [3.63, 3.8) is 0 Å². The third kappa shape index (κ3) is 4.21. The zero-order valence-electron chi connectivity index (χ0n) is 10.00.